The fourth-order valence-electron chi connectivity index (χ4n) is 2.40. The van der Waals surface area contributed by atoms with Crippen molar-refractivity contribution in [1.29, 1.82) is 0 Å². The first kappa shape index (κ1) is 11.6. The molecular formula is C14H20FN. The minimum Gasteiger partial charge on any atom is -0.317 e. The van der Waals surface area contributed by atoms with Gasteiger partial charge in [-0.05, 0) is 68.8 Å². The Kier molecular flexibility index (Phi) is 3.94. The van der Waals surface area contributed by atoms with Gasteiger partial charge in [0, 0.05) is 0 Å². The van der Waals surface area contributed by atoms with Crippen molar-refractivity contribution >= 4 is 0 Å². The summed E-state index contributed by atoms with van der Waals surface area (Å²) in [5.41, 5.74) is 2.04. The molecule has 1 aliphatic rings. The first-order valence-corrected chi connectivity index (χ1v) is 6.21. The van der Waals surface area contributed by atoms with E-state index < -0.39 is 0 Å². The summed E-state index contributed by atoms with van der Waals surface area (Å²) in [5, 5.41) is 3.38. The highest BCUT2D eigenvalue weighted by Crippen LogP contribution is 2.19. The molecule has 1 saturated heterocycles. The minimum atomic E-state index is -0.0920. The zero-order valence-electron chi connectivity index (χ0n) is 9.93. The fraction of sp³-hybridized carbons (Fsp3) is 0.571. The van der Waals surface area contributed by atoms with E-state index in [-0.39, 0.29) is 5.82 Å². The number of rotatable bonds is 3. The van der Waals surface area contributed by atoms with Gasteiger partial charge in [-0.25, -0.2) is 4.39 Å². The summed E-state index contributed by atoms with van der Waals surface area (Å²) in [6, 6.07) is 5.49. The Morgan fingerprint density at radius 2 is 2.06 bits per heavy atom. The van der Waals surface area contributed by atoms with Crippen LogP contribution >= 0.6 is 0 Å². The molecule has 1 aromatic rings. The van der Waals surface area contributed by atoms with Crippen molar-refractivity contribution in [2.75, 3.05) is 13.1 Å². The molecule has 1 nitrogen and oxygen atoms in total. The molecule has 0 saturated carbocycles. The van der Waals surface area contributed by atoms with Crippen molar-refractivity contribution in [1.82, 2.24) is 5.32 Å². The van der Waals surface area contributed by atoms with E-state index in [1.54, 1.807) is 6.07 Å². The first-order valence-electron chi connectivity index (χ1n) is 6.21. The van der Waals surface area contributed by atoms with Crippen molar-refractivity contribution in [2.24, 2.45) is 5.92 Å². The molecule has 2 rings (SSSR count). The van der Waals surface area contributed by atoms with Crippen LogP contribution in [0.1, 0.15) is 30.4 Å². The average molecular weight is 221 g/mol. The van der Waals surface area contributed by atoms with Gasteiger partial charge in [0.05, 0.1) is 0 Å². The zero-order chi connectivity index (χ0) is 11.4. The average Bonchev–Trinajstić information content (AvgIpc) is 2.32. The third-order valence-electron chi connectivity index (χ3n) is 3.52. The Balaban J connectivity index is 1.86. The predicted molar refractivity (Wildman–Crippen MR) is 65.1 cm³/mol. The fourth-order valence-corrected chi connectivity index (χ4v) is 2.40. The highest BCUT2D eigenvalue weighted by atomic mass is 19.1. The second-order valence-corrected chi connectivity index (χ2v) is 4.82. The second-order valence-electron chi connectivity index (χ2n) is 4.82. The van der Waals surface area contributed by atoms with Crippen LogP contribution in [0, 0.1) is 18.7 Å². The highest BCUT2D eigenvalue weighted by molar-refractivity contribution is 5.23. The maximum absolute atomic E-state index is 13.1. The van der Waals surface area contributed by atoms with Gasteiger partial charge in [0.25, 0.3) is 0 Å². The minimum absolute atomic E-state index is 0.0920. The van der Waals surface area contributed by atoms with Crippen LogP contribution in [0.2, 0.25) is 0 Å². The van der Waals surface area contributed by atoms with Crippen molar-refractivity contribution in [3.63, 3.8) is 0 Å². The standard InChI is InChI=1S/C14H20FN/c1-11-10-13(4-5-14(11)15)3-2-12-6-8-16-9-7-12/h4-5,10,12,16H,2-3,6-9H2,1H3. The molecule has 1 fully saturated rings. The number of benzene rings is 1. The molecule has 0 bridgehead atoms. The van der Waals surface area contributed by atoms with Gasteiger partial charge in [0.2, 0.25) is 0 Å². The topological polar surface area (TPSA) is 12.0 Å². The van der Waals surface area contributed by atoms with E-state index in [1.165, 1.54) is 24.8 Å². The van der Waals surface area contributed by atoms with Crippen molar-refractivity contribution < 1.29 is 4.39 Å². The Bertz CT molecular complexity index is 343. The van der Waals surface area contributed by atoms with Crippen LogP contribution in [-0.4, -0.2) is 13.1 Å². The van der Waals surface area contributed by atoms with Crippen LogP contribution in [0.15, 0.2) is 18.2 Å². The second kappa shape index (κ2) is 5.44. The van der Waals surface area contributed by atoms with E-state index in [0.29, 0.717) is 0 Å². The molecule has 1 N–H and O–H groups in total. The summed E-state index contributed by atoms with van der Waals surface area (Å²) in [5.74, 6) is 0.761. The third-order valence-corrected chi connectivity index (χ3v) is 3.52. The summed E-state index contributed by atoms with van der Waals surface area (Å²) in [7, 11) is 0. The molecule has 0 amide bonds. The number of halogens is 1. The lowest BCUT2D eigenvalue weighted by Crippen LogP contribution is -2.27. The quantitative estimate of drug-likeness (QED) is 0.827. The smallest absolute Gasteiger partial charge is 0.126 e. The molecule has 0 atom stereocenters. The Morgan fingerprint density at radius 1 is 1.31 bits per heavy atom. The van der Waals surface area contributed by atoms with Gasteiger partial charge in [-0.1, -0.05) is 12.1 Å². The van der Waals surface area contributed by atoms with E-state index in [4.69, 9.17) is 0 Å². The molecule has 1 aliphatic heterocycles. The van der Waals surface area contributed by atoms with Crippen LogP contribution in [0.3, 0.4) is 0 Å². The molecule has 1 aromatic carbocycles. The zero-order valence-corrected chi connectivity index (χ0v) is 9.93. The predicted octanol–water partition coefficient (Wildman–Crippen LogP) is 3.07. The highest BCUT2D eigenvalue weighted by Gasteiger charge is 2.12. The molecule has 1 heterocycles. The van der Waals surface area contributed by atoms with Gasteiger partial charge in [0.1, 0.15) is 5.82 Å². The number of piperidine rings is 1. The molecule has 88 valence electrons. The Morgan fingerprint density at radius 3 is 2.75 bits per heavy atom. The summed E-state index contributed by atoms with van der Waals surface area (Å²) in [6.45, 7) is 4.16. The van der Waals surface area contributed by atoms with Gasteiger partial charge < -0.3 is 5.32 Å². The van der Waals surface area contributed by atoms with Gasteiger partial charge in [-0.15, -0.1) is 0 Å². The molecule has 0 spiro atoms. The van der Waals surface area contributed by atoms with Crippen LogP contribution in [-0.2, 0) is 6.42 Å². The monoisotopic (exact) mass is 221 g/mol. The lowest BCUT2D eigenvalue weighted by Gasteiger charge is -2.22. The number of nitrogens with one attached hydrogen (secondary N) is 1. The van der Waals surface area contributed by atoms with Crippen LogP contribution in [0.5, 0.6) is 0 Å². The summed E-state index contributed by atoms with van der Waals surface area (Å²) < 4.78 is 13.1. The molecule has 0 aromatic heterocycles. The largest absolute Gasteiger partial charge is 0.317 e. The Hall–Kier alpha value is -0.890. The third kappa shape index (κ3) is 3.05. The summed E-state index contributed by atoms with van der Waals surface area (Å²) in [4.78, 5) is 0. The molecule has 16 heavy (non-hydrogen) atoms. The van der Waals surface area contributed by atoms with E-state index in [0.717, 1.165) is 31.0 Å². The van der Waals surface area contributed by atoms with E-state index in [9.17, 15) is 4.39 Å². The Labute approximate surface area is 97.1 Å². The molecule has 0 unspecified atom stereocenters. The number of hydrogen-bond acceptors (Lipinski definition) is 1. The van der Waals surface area contributed by atoms with Gasteiger partial charge >= 0.3 is 0 Å². The van der Waals surface area contributed by atoms with Crippen LogP contribution in [0.4, 0.5) is 4.39 Å². The van der Waals surface area contributed by atoms with Crippen molar-refractivity contribution in [2.45, 2.75) is 32.6 Å². The lowest BCUT2D eigenvalue weighted by molar-refractivity contribution is 0.354. The first-order chi connectivity index (χ1) is 7.75. The molecule has 2 heteroatoms. The number of aryl methyl sites for hydroxylation is 2. The molecular weight excluding hydrogens is 201 g/mol. The lowest BCUT2D eigenvalue weighted by atomic mass is 9.91. The normalized spacial score (nSPS) is 17.6. The van der Waals surface area contributed by atoms with Gasteiger partial charge in [0.15, 0.2) is 0 Å². The molecule has 0 aliphatic carbocycles. The summed E-state index contributed by atoms with van der Waals surface area (Å²) >= 11 is 0. The maximum Gasteiger partial charge on any atom is 0.126 e. The molecule has 0 radical (unpaired) electrons. The SMILES string of the molecule is Cc1cc(CCC2CCNCC2)ccc1F. The van der Waals surface area contributed by atoms with E-state index in [1.807, 2.05) is 19.1 Å². The number of hydrogen-bond donors (Lipinski definition) is 1. The van der Waals surface area contributed by atoms with Gasteiger partial charge in [-0.3, -0.25) is 0 Å². The van der Waals surface area contributed by atoms with Crippen molar-refractivity contribution in [3.05, 3.63) is 35.1 Å². The van der Waals surface area contributed by atoms with Crippen molar-refractivity contribution in [3.8, 4) is 0 Å². The van der Waals surface area contributed by atoms with Crippen LogP contribution < -0.4 is 5.32 Å². The van der Waals surface area contributed by atoms with E-state index >= 15 is 0 Å². The summed E-state index contributed by atoms with van der Waals surface area (Å²) in [6.07, 6.45) is 4.92. The maximum atomic E-state index is 13.1. The van der Waals surface area contributed by atoms with Gasteiger partial charge in [-0.2, -0.15) is 0 Å². The van der Waals surface area contributed by atoms with E-state index in [2.05, 4.69) is 5.32 Å². The van der Waals surface area contributed by atoms with Crippen LogP contribution in [0.25, 0.3) is 0 Å².